The standard InChI is InChI=1S/C12H13BrO3/c1-15-11(14)6-12(7-16-8-12)9-4-2-3-5-10(9)13/h2-5H,6-8H2,1H3. The Labute approximate surface area is 103 Å². The minimum Gasteiger partial charge on any atom is -0.469 e. The zero-order valence-corrected chi connectivity index (χ0v) is 10.6. The quantitative estimate of drug-likeness (QED) is 0.799. The van der Waals surface area contributed by atoms with E-state index >= 15 is 0 Å². The maximum atomic E-state index is 11.4. The Balaban J connectivity index is 2.28. The minimum atomic E-state index is -0.215. The van der Waals surface area contributed by atoms with Crippen LogP contribution in [0, 0.1) is 0 Å². The third-order valence-corrected chi connectivity index (χ3v) is 3.60. The molecule has 1 heterocycles. The van der Waals surface area contributed by atoms with Gasteiger partial charge in [-0.25, -0.2) is 0 Å². The van der Waals surface area contributed by atoms with E-state index in [1.807, 2.05) is 24.3 Å². The highest BCUT2D eigenvalue weighted by atomic mass is 79.9. The molecule has 1 fully saturated rings. The molecule has 0 N–H and O–H groups in total. The third kappa shape index (κ3) is 1.99. The topological polar surface area (TPSA) is 35.5 Å². The first-order valence-electron chi connectivity index (χ1n) is 5.07. The molecule has 1 aromatic rings. The summed E-state index contributed by atoms with van der Waals surface area (Å²) in [6, 6.07) is 7.93. The number of benzene rings is 1. The molecule has 1 saturated heterocycles. The average molecular weight is 285 g/mol. The fourth-order valence-corrected chi connectivity index (χ4v) is 2.65. The van der Waals surface area contributed by atoms with Gasteiger partial charge in [0.1, 0.15) is 0 Å². The summed E-state index contributed by atoms with van der Waals surface area (Å²) in [4.78, 5) is 11.4. The van der Waals surface area contributed by atoms with Crippen LogP contribution < -0.4 is 0 Å². The summed E-state index contributed by atoms with van der Waals surface area (Å²) in [6.07, 6.45) is 0.367. The number of hydrogen-bond donors (Lipinski definition) is 0. The SMILES string of the molecule is COC(=O)CC1(c2ccccc2Br)COC1. The Morgan fingerprint density at radius 2 is 2.19 bits per heavy atom. The number of carbonyl (C=O) groups excluding carboxylic acids is 1. The van der Waals surface area contributed by atoms with Crippen LogP contribution in [0.1, 0.15) is 12.0 Å². The van der Waals surface area contributed by atoms with Crippen molar-refractivity contribution in [1.29, 1.82) is 0 Å². The molecular weight excluding hydrogens is 272 g/mol. The monoisotopic (exact) mass is 284 g/mol. The Morgan fingerprint density at radius 3 is 2.69 bits per heavy atom. The van der Waals surface area contributed by atoms with Crippen molar-refractivity contribution in [2.75, 3.05) is 20.3 Å². The van der Waals surface area contributed by atoms with Crippen LogP contribution in [0.15, 0.2) is 28.7 Å². The molecule has 1 aromatic carbocycles. The van der Waals surface area contributed by atoms with Gasteiger partial charge in [-0.3, -0.25) is 4.79 Å². The van der Waals surface area contributed by atoms with E-state index in [0.29, 0.717) is 19.6 Å². The predicted molar refractivity (Wildman–Crippen MR) is 63.3 cm³/mol. The van der Waals surface area contributed by atoms with Crippen molar-refractivity contribution in [2.45, 2.75) is 11.8 Å². The van der Waals surface area contributed by atoms with Gasteiger partial charge in [-0.2, -0.15) is 0 Å². The number of halogens is 1. The fraction of sp³-hybridized carbons (Fsp3) is 0.417. The second-order valence-corrected chi connectivity index (χ2v) is 4.86. The lowest BCUT2D eigenvalue weighted by Crippen LogP contribution is -2.48. The van der Waals surface area contributed by atoms with Gasteiger partial charge in [0.25, 0.3) is 0 Å². The molecule has 0 radical (unpaired) electrons. The zero-order chi connectivity index (χ0) is 11.6. The van der Waals surface area contributed by atoms with Gasteiger partial charge in [-0.15, -0.1) is 0 Å². The summed E-state index contributed by atoms with van der Waals surface area (Å²) in [6.45, 7) is 1.15. The predicted octanol–water partition coefficient (Wildman–Crippen LogP) is 2.28. The van der Waals surface area contributed by atoms with Crippen LogP contribution in [0.5, 0.6) is 0 Å². The number of ether oxygens (including phenoxy) is 2. The molecule has 3 nitrogen and oxygen atoms in total. The minimum absolute atomic E-state index is 0.195. The molecule has 0 aliphatic carbocycles. The van der Waals surface area contributed by atoms with Crippen molar-refractivity contribution in [3.63, 3.8) is 0 Å². The normalized spacial score (nSPS) is 17.6. The van der Waals surface area contributed by atoms with Gasteiger partial charge in [0, 0.05) is 4.47 Å². The number of methoxy groups -OCH3 is 1. The van der Waals surface area contributed by atoms with E-state index in [9.17, 15) is 4.79 Å². The average Bonchev–Trinajstić information content (AvgIpc) is 2.24. The highest BCUT2D eigenvalue weighted by Gasteiger charge is 2.43. The van der Waals surface area contributed by atoms with Gasteiger partial charge < -0.3 is 9.47 Å². The van der Waals surface area contributed by atoms with Crippen LogP contribution in [-0.2, 0) is 19.7 Å². The molecule has 86 valence electrons. The van der Waals surface area contributed by atoms with Gasteiger partial charge in [0.2, 0.25) is 0 Å². The zero-order valence-electron chi connectivity index (χ0n) is 9.03. The molecule has 0 atom stereocenters. The van der Waals surface area contributed by atoms with Gasteiger partial charge >= 0.3 is 5.97 Å². The van der Waals surface area contributed by atoms with Gasteiger partial charge in [-0.1, -0.05) is 34.1 Å². The van der Waals surface area contributed by atoms with E-state index in [4.69, 9.17) is 9.47 Å². The summed E-state index contributed by atoms with van der Waals surface area (Å²) in [5.74, 6) is -0.195. The molecule has 2 rings (SSSR count). The van der Waals surface area contributed by atoms with Crippen molar-refractivity contribution < 1.29 is 14.3 Å². The molecule has 0 unspecified atom stereocenters. The molecule has 16 heavy (non-hydrogen) atoms. The van der Waals surface area contributed by atoms with Crippen molar-refractivity contribution in [2.24, 2.45) is 0 Å². The first-order valence-corrected chi connectivity index (χ1v) is 5.87. The van der Waals surface area contributed by atoms with Crippen molar-refractivity contribution >= 4 is 21.9 Å². The Morgan fingerprint density at radius 1 is 1.50 bits per heavy atom. The first kappa shape index (κ1) is 11.6. The summed E-state index contributed by atoms with van der Waals surface area (Å²) >= 11 is 3.51. The summed E-state index contributed by atoms with van der Waals surface area (Å²) in [7, 11) is 1.41. The molecule has 0 amide bonds. The number of hydrogen-bond acceptors (Lipinski definition) is 3. The van der Waals surface area contributed by atoms with Crippen molar-refractivity contribution in [1.82, 2.24) is 0 Å². The molecule has 1 aliphatic heterocycles. The van der Waals surface area contributed by atoms with Crippen LogP contribution >= 0.6 is 15.9 Å². The van der Waals surface area contributed by atoms with Crippen LogP contribution in [0.2, 0.25) is 0 Å². The lowest BCUT2D eigenvalue weighted by atomic mass is 9.76. The van der Waals surface area contributed by atoms with Crippen LogP contribution in [-0.4, -0.2) is 26.3 Å². The molecule has 0 aromatic heterocycles. The van der Waals surface area contributed by atoms with E-state index in [0.717, 1.165) is 10.0 Å². The highest BCUT2D eigenvalue weighted by molar-refractivity contribution is 9.10. The number of carbonyl (C=O) groups is 1. The second kappa shape index (κ2) is 4.55. The maximum Gasteiger partial charge on any atom is 0.306 e. The highest BCUT2D eigenvalue weighted by Crippen LogP contribution is 2.39. The van der Waals surface area contributed by atoms with E-state index < -0.39 is 0 Å². The van der Waals surface area contributed by atoms with E-state index in [-0.39, 0.29) is 11.4 Å². The number of rotatable bonds is 3. The molecule has 4 heteroatoms. The van der Waals surface area contributed by atoms with Crippen LogP contribution in [0.25, 0.3) is 0 Å². The lowest BCUT2D eigenvalue weighted by molar-refractivity contribution is -0.148. The molecule has 0 bridgehead atoms. The van der Waals surface area contributed by atoms with E-state index in [1.54, 1.807) is 0 Å². The smallest absolute Gasteiger partial charge is 0.306 e. The Hall–Kier alpha value is -0.870. The molecule has 0 spiro atoms. The fourth-order valence-electron chi connectivity index (χ4n) is 1.94. The third-order valence-electron chi connectivity index (χ3n) is 2.91. The Kier molecular flexibility index (Phi) is 3.30. The molecule has 1 aliphatic rings. The summed E-state index contributed by atoms with van der Waals surface area (Å²) in [5, 5.41) is 0. The van der Waals surface area contributed by atoms with Gasteiger partial charge in [0.05, 0.1) is 32.2 Å². The molecular formula is C12H13BrO3. The molecule has 0 saturated carbocycles. The van der Waals surface area contributed by atoms with Crippen molar-refractivity contribution in [3.05, 3.63) is 34.3 Å². The van der Waals surface area contributed by atoms with E-state index in [2.05, 4.69) is 15.9 Å². The van der Waals surface area contributed by atoms with E-state index in [1.165, 1.54) is 7.11 Å². The maximum absolute atomic E-state index is 11.4. The van der Waals surface area contributed by atoms with Crippen molar-refractivity contribution in [3.8, 4) is 0 Å². The number of esters is 1. The van der Waals surface area contributed by atoms with Crippen LogP contribution in [0.4, 0.5) is 0 Å². The summed E-state index contributed by atoms with van der Waals surface area (Å²) < 4.78 is 11.0. The first-order chi connectivity index (χ1) is 7.68. The van der Waals surface area contributed by atoms with Gasteiger partial charge in [-0.05, 0) is 11.6 Å². The van der Waals surface area contributed by atoms with Crippen LogP contribution in [0.3, 0.4) is 0 Å². The van der Waals surface area contributed by atoms with Gasteiger partial charge in [0.15, 0.2) is 0 Å². The summed E-state index contributed by atoms with van der Waals surface area (Å²) in [5.41, 5.74) is 0.902. The largest absolute Gasteiger partial charge is 0.469 e. The lowest BCUT2D eigenvalue weighted by Gasteiger charge is -2.41. The second-order valence-electron chi connectivity index (χ2n) is 4.01. The Bertz CT molecular complexity index is 399.